The van der Waals surface area contributed by atoms with Gasteiger partial charge >= 0.3 is 0 Å². The van der Waals surface area contributed by atoms with Gasteiger partial charge in [0.2, 0.25) is 0 Å². The first-order valence-electron chi connectivity index (χ1n) is 7.84. The number of nitrogens with one attached hydrogen (secondary N) is 1. The monoisotopic (exact) mass is 323 g/mol. The van der Waals surface area contributed by atoms with Gasteiger partial charge in [0, 0.05) is 18.3 Å². The Bertz CT molecular complexity index is 891. The van der Waals surface area contributed by atoms with Crippen molar-refractivity contribution in [2.24, 2.45) is 7.05 Å². The summed E-state index contributed by atoms with van der Waals surface area (Å²) in [6.07, 6.45) is 1.66. The van der Waals surface area contributed by atoms with E-state index in [2.05, 4.69) is 15.5 Å². The number of aromatic nitrogens is 4. The summed E-state index contributed by atoms with van der Waals surface area (Å²) in [5, 5.41) is 11.5. The highest BCUT2D eigenvalue weighted by Gasteiger charge is 2.11. The molecule has 2 heterocycles. The maximum Gasteiger partial charge on any atom is 0.255 e. The van der Waals surface area contributed by atoms with E-state index in [0.717, 1.165) is 28.3 Å². The van der Waals surface area contributed by atoms with Crippen LogP contribution < -0.4 is 5.32 Å². The van der Waals surface area contributed by atoms with Gasteiger partial charge in [-0.1, -0.05) is 12.1 Å². The molecule has 0 saturated carbocycles. The van der Waals surface area contributed by atoms with E-state index in [1.165, 1.54) is 0 Å². The second kappa shape index (κ2) is 6.31. The normalized spacial score (nSPS) is 10.8. The van der Waals surface area contributed by atoms with Crippen LogP contribution in [0.25, 0.3) is 0 Å². The predicted molar refractivity (Wildman–Crippen MR) is 93.1 cm³/mol. The van der Waals surface area contributed by atoms with Crippen LogP contribution in [0.15, 0.2) is 36.5 Å². The summed E-state index contributed by atoms with van der Waals surface area (Å²) < 4.78 is 3.67. The number of amides is 1. The van der Waals surface area contributed by atoms with Crippen LogP contribution in [0.3, 0.4) is 0 Å². The zero-order valence-corrected chi connectivity index (χ0v) is 14.4. The molecule has 1 N–H and O–H groups in total. The quantitative estimate of drug-likeness (QED) is 0.803. The molecule has 6 heteroatoms. The third-order valence-corrected chi connectivity index (χ3v) is 4.11. The van der Waals surface area contributed by atoms with Crippen molar-refractivity contribution in [1.29, 1.82) is 0 Å². The summed E-state index contributed by atoms with van der Waals surface area (Å²) in [6, 6.07) is 9.65. The van der Waals surface area contributed by atoms with Crippen LogP contribution in [0.2, 0.25) is 0 Å². The minimum absolute atomic E-state index is 0.138. The lowest BCUT2D eigenvalue weighted by Crippen LogP contribution is -2.13. The van der Waals surface area contributed by atoms with Crippen LogP contribution >= 0.6 is 0 Å². The maximum atomic E-state index is 12.5. The van der Waals surface area contributed by atoms with Crippen molar-refractivity contribution in [2.75, 3.05) is 5.32 Å². The van der Waals surface area contributed by atoms with E-state index >= 15 is 0 Å². The smallest absolute Gasteiger partial charge is 0.255 e. The molecule has 0 saturated heterocycles. The number of carbonyl (C=O) groups is 1. The van der Waals surface area contributed by atoms with Crippen molar-refractivity contribution < 1.29 is 4.79 Å². The van der Waals surface area contributed by atoms with Gasteiger partial charge in [0.05, 0.1) is 29.8 Å². The summed E-state index contributed by atoms with van der Waals surface area (Å²) in [7, 11) is 1.85. The lowest BCUT2D eigenvalue weighted by molar-refractivity contribution is 0.102. The number of aryl methyl sites for hydroxylation is 3. The van der Waals surface area contributed by atoms with E-state index in [9.17, 15) is 4.79 Å². The van der Waals surface area contributed by atoms with Gasteiger partial charge in [0.1, 0.15) is 0 Å². The van der Waals surface area contributed by atoms with Gasteiger partial charge in [-0.3, -0.25) is 14.2 Å². The minimum atomic E-state index is -0.138. The van der Waals surface area contributed by atoms with Gasteiger partial charge in [-0.2, -0.15) is 10.2 Å². The number of hydrogen-bond donors (Lipinski definition) is 1. The molecule has 0 bridgehead atoms. The summed E-state index contributed by atoms with van der Waals surface area (Å²) in [5.41, 5.74) is 5.41. The molecular weight excluding hydrogens is 302 g/mol. The molecule has 3 aromatic rings. The minimum Gasteiger partial charge on any atom is -0.319 e. The Labute approximate surface area is 141 Å². The Morgan fingerprint density at radius 2 is 2.00 bits per heavy atom. The molecule has 6 nitrogen and oxygen atoms in total. The Morgan fingerprint density at radius 3 is 2.62 bits per heavy atom. The van der Waals surface area contributed by atoms with Crippen LogP contribution in [-0.4, -0.2) is 25.5 Å². The molecule has 0 aliphatic heterocycles. The standard InChI is InChI=1S/C18H21N5O/c1-12-8-13(2)23(21-12)11-15-6-5-7-16(9-15)18(24)20-17-10-19-22(4)14(17)3/h5-10H,11H2,1-4H3,(H,20,24). The second-order valence-electron chi connectivity index (χ2n) is 6.01. The first kappa shape index (κ1) is 16.0. The highest BCUT2D eigenvalue weighted by molar-refractivity contribution is 6.04. The molecule has 24 heavy (non-hydrogen) atoms. The van der Waals surface area contributed by atoms with Crippen molar-refractivity contribution in [1.82, 2.24) is 19.6 Å². The summed E-state index contributed by atoms with van der Waals surface area (Å²) in [4.78, 5) is 12.5. The Kier molecular flexibility index (Phi) is 4.20. The molecular formula is C18H21N5O. The van der Waals surface area contributed by atoms with E-state index in [1.807, 2.05) is 62.8 Å². The first-order chi connectivity index (χ1) is 11.4. The van der Waals surface area contributed by atoms with Crippen LogP contribution in [0.4, 0.5) is 5.69 Å². The molecule has 0 radical (unpaired) electrons. The molecule has 124 valence electrons. The molecule has 0 aliphatic carbocycles. The van der Waals surface area contributed by atoms with Gasteiger partial charge < -0.3 is 5.32 Å². The molecule has 3 rings (SSSR count). The highest BCUT2D eigenvalue weighted by atomic mass is 16.1. The summed E-state index contributed by atoms with van der Waals surface area (Å²) in [6.45, 7) is 6.57. The molecule has 0 aliphatic rings. The third kappa shape index (κ3) is 3.22. The number of anilines is 1. The second-order valence-corrected chi connectivity index (χ2v) is 6.01. The Balaban J connectivity index is 1.78. The average Bonchev–Trinajstić information content (AvgIpc) is 3.03. The van der Waals surface area contributed by atoms with E-state index in [-0.39, 0.29) is 5.91 Å². The number of nitrogens with zero attached hydrogens (tertiary/aromatic N) is 4. The fourth-order valence-electron chi connectivity index (χ4n) is 2.63. The number of benzene rings is 1. The summed E-state index contributed by atoms with van der Waals surface area (Å²) in [5.74, 6) is -0.138. The van der Waals surface area contributed by atoms with E-state index in [1.54, 1.807) is 10.9 Å². The van der Waals surface area contributed by atoms with Gasteiger partial charge in [-0.05, 0) is 44.5 Å². The SMILES string of the molecule is Cc1cc(C)n(Cc2cccc(C(=O)Nc3cnn(C)c3C)c2)n1. The third-order valence-electron chi connectivity index (χ3n) is 4.11. The van der Waals surface area contributed by atoms with Crippen LogP contribution in [-0.2, 0) is 13.6 Å². The van der Waals surface area contributed by atoms with Gasteiger partial charge in [-0.15, -0.1) is 0 Å². The zero-order chi connectivity index (χ0) is 17.3. The van der Waals surface area contributed by atoms with Gasteiger partial charge in [0.15, 0.2) is 0 Å². The van der Waals surface area contributed by atoms with E-state index in [4.69, 9.17) is 0 Å². The lowest BCUT2D eigenvalue weighted by atomic mass is 10.1. The number of hydrogen-bond acceptors (Lipinski definition) is 3. The lowest BCUT2D eigenvalue weighted by Gasteiger charge is -2.08. The molecule has 1 aromatic carbocycles. The van der Waals surface area contributed by atoms with Crippen molar-refractivity contribution in [3.8, 4) is 0 Å². The Morgan fingerprint density at radius 1 is 1.21 bits per heavy atom. The first-order valence-corrected chi connectivity index (χ1v) is 7.84. The van der Waals surface area contributed by atoms with Crippen molar-refractivity contribution in [2.45, 2.75) is 27.3 Å². The molecule has 1 amide bonds. The molecule has 0 atom stereocenters. The van der Waals surface area contributed by atoms with E-state index < -0.39 is 0 Å². The van der Waals surface area contributed by atoms with Gasteiger partial charge in [-0.25, -0.2) is 0 Å². The fraction of sp³-hybridized carbons (Fsp3) is 0.278. The molecule has 2 aromatic heterocycles. The van der Waals surface area contributed by atoms with E-state index in [0.29, 0.717) is 12.1 Å². The predicted octanol–water partition coefficient (Wildman–Crippen LogP) is 2.84. The summed E-state index contributed by atoms with van der Waals surface area (Å²) >= 11 is 0. The fourth-order valence-corrected chi connectivity index (χ4v) is 2.63. The number of carbonyl (C=O) groups excluding carboxylic acids is 1. The van der Waals surface area contributed by atoms with Crippen molar-refractivity contribution in [3.05, 3.63) is 64.7 Å². The number of rotatable bonds is 4. The Hall–Kier alpha value is -2.89. The van der Waals surface area contributed by atoms with Crippen LogP contribution in [0, 0.1) is 20.8 Å². The topological polar surface area (TPSA) is 64.7 Å². The zero-order valence-electron chi connectivity index (χ0n) is 14.4. The van der Waals surface area contributed by atoms with Crippen LogP contribution in [0.5, 0.6) is 0 Å². The maximum absolute atomic E-state index is 12.5. The average molecular weight is 323 g/mol. The van der Waals surface area contributed by atoms with Gasteiger partial charge in [0.25, 0.3) is 5.91 Å². The van der Waals surface area contributed by atoms with Crippen LogP contribution in [0.1, 0.15) is 33.0 Å². The molecule has 0 unspecified atom stereocenters. The van der Waals surface area contributed by atoms with Crippen molar-refractivity contribution in [3.63, 3.8) is 0 Å². The molecule has 0 spiro atoms. The largest absolute Gasteiger partial charge is 0.319 e. The molecule has 0 fully saturated rings. The highest BCUT2D eigenvalue weighted by Crippen LogP contribution is 2.15. The van der Waals surface area contributed by atoms with Crippen molar-refractivity contribution >= 4 is 11.6 Å².